The predicted molar refractivity (Wildman–Crippen MR) is 118 cm³/mol. The van der Waals surface area contributed by atoms with Crippen molar-refractivity contribution in [3.8, 4) is 0 Å². The highest BCUT2D eigenvalue weighted by molar-refractivity contribution is 6.42. The average molecular weight is 452 g/mol. The van der Waals surface area contributed by atoms with Crippen molar-refractivity contribution in [1.29, 1.82) is 0 Å². The molecule has 2 aromatic heterocycles. The molecule has 2 atom stereocenters. The van der Waals surface area contributed by atoms with Gasteiger partial charge in [-0.1, -0.05) is 29.3 Å². The summed E-state index contributed by atoms with van der Waals surface area (Å²) in [6, 6.07) is 5.36. The van der Waals surface area contributed by atoms with Gasteiger partial charge in [0.2, 0.25) is 5.95 Å². The summed E-state index contributed by atoms with van der Waals surface area (Å²) in [5, 5.41) is 0.902. The van der Waals surface area contributed by atoms with Crippen molar-refractivity contribution in [2.45, 2.75) is 32.6 Å². The first-order valence-electron chi connectivity index (χ1n) is 9.68. The Labute approximate surface area is 183 Å². The number of anilines is 1. The number of aromatic nitrogens is 4. The molecule has 0 amide bonds. The van der Waals surface area contributed by atoms with Crippen LogP contribution in [0.1, 0.15) is 19.4 Å². The molecule has 3 aromatic rings. The minimum atomic E-state index is -0.415. The van der Waals surface area contributed by atoms with Crippen LogP contribution >= 0.6 is 23.2 Å². The number of ether oxygens (including phenoxy) is 1. The standard InChI is InChI=1S/C20H23Cl2N5O3/c1-11-8-26(9-12(2)30-11)19-23-17-16(18(28)25(4)20(29)24(17)3)27(19)10-13-5-6-14(21)15(22)7-13/h5-7,11-12H,8-10H2,1-4H3/t11-,12+. The summed E-state index contributed by atoms with van der Waals surface area (Å²) in [7, 11) is 3.09. The summed E-state index contributed by atoms with van der Waals surface area (Å²) in [5.41, 5.74) is 0.788. The molecule has 1 aliphatic rings. The van der Waals surface area contributed by atoms with Gasteiger partial charge in [0.15, 0.2) is 11.2 Å². The highest BCUT2D eigenvalue weighted by Crippen LogP contribution is 2.27. The SMILES string of the molecule is C[C@@H]1CN(c2nc3c(c(=O)n(C)c(=O)n3C)n2Cc2ccc(Cl)c(Cl)c2)C[C@H](C)O1. The fourth-order valence-corrected chi connectivity index (χ4v) is 4.31. The van der Waals surface area contributed by atoms with Gasteiger partial charge in [0, 0.05) is 27.2 Å². The number of aryl methyl sites for hydroxylation is 1. The number of imidazole rings is 1. The van der Waals surface area contributed by atoms with Gasteiger partial charge in [0.05, 0.1) is 28.8 Å². The molecule has 0 N–H and O–H groups in total. The van der Waals surface area contributed by atoms with Crippen LogP contribution in [0.2, 0.25) is 10.0 Å². The van der Waals surface area contributed by atoms with E-state index in [4.69, 9.17) is 32.9 Å². The highest BCUT2D eigenvalue weighted by atomic mass is 35.5. The van der Waals surface area contributed by atoms with Crippen LogP contribution < -0.4 is 16.1 Å². The number of fused-ring (bicyclic) bond motifs is 1. The first-order chi connectivity index (χ1) is 14.2. The summed E-state index contributed by atoms with van der Waals surface area (Å²) in [6.07, 6.45) is 0.0253. The van der Waals surface area contributed by atoms with Gasteiger partial charge in [0.25, 0.3) is 5.56 Å². The molecular weight excluding hydrogens is 429 g/mol. The van der Waals surface area contributed by atoms with Crippen molar-refractivity contribution in [2.75, 3.05) is 18.0 Å². The molecule has 8 nitrogen and oxygen atoms in total. The van der Waals surface area contributed by atoms with E-state index in [2.05, 4.69) is 4.90 Å². The monoisotopic (exact) mass is 451 g/mol. The Hall–Kier alpha value is -2.29. The molecule has 0 bridgehead atoms. The van der Waals surface area contributed by atoms with Crippen LogP contribution in [0.4, 0.5) is 5.95 Å². The maximum absolute atomic E-state index is 13.1. The van der Waals surface area contributed by atoms with Crippen molar-refractivity contribution in [2.24, 2.45) is 14.1 Å². The second-order valence-corrected chi connectivity index (χ2v) is 8.60. The second kappa shape index (κ2) is 7.76. The molecule has 1 aliphatic heterocycles. The number of benzene rings is 1. The van der Waals surface area contributed by atoms with E-state index in [1.807, 2.05) is 24.5 Å². The van der Waals surface area contributed by atoms with Crippen molar-refractivity contribution >= 4 is 40.3 Å². The minimum absolute atomic E-state index is 0.0126. The molecule has 0 aliphatic carbocycles. The van der Waals surface area contributed by atoms with E-state index in [0.717, 1.165) is 10.1 Å². The molecule has 10 heteroatoms. The number of morpholine rings is 1. The molecule has 3 heterocycles. The minimum Gasteiger partial charge on any atom is -0.372 e. The Morgan fingerprint density at radius 3 is 2.37 bits per heavy atom. The van der Waals surface area contributed by atoms with Gasteiger partial charge in [-0.15, -0.1) is 0 Å². The Morgan fingerprint density at radius 1 is 1.07 bits per heavy atom. The molecule has 0 unspecified atom stereocenters. The van der Waals surface area contributed by atoms with Crippen LogP contribution in [0.5, 0.6) is 0 Å². The van der Waals surface area contributed by atoms with Crippen LogP contribution in [-0.2, 0) is 25.4 Å². The lowest BCUT2D eigenvalue weighted by atomic mass is 10.2. The first-order valence-corrected chi connectivity index (χ1v) is 10.4. The van der Waals surface area contributed by atoms with E-state index in [1.165, 1.54) is 11.6 Å². The van der Waals surface area contributed by atoms with Crippen LogP contribution in [-0.4, -0.2) is 44.0 Å². The van der Waals surface area contributed by atoms with Gasteiger partial charge in [-0.3, -0.25) is 18.5 Å². The molecule has 160 valence electrons. The normalized spacial score (nSPS) is 19.6. The summed E-state index contributed by atoms with van der Waals surface area (Å²) >= 11 is 12.3. The van der Waals surface area contributed by atoms with Gasteiger partial charge in [-0.2, -0.15) is 4.98 Å². The molecular formula is C20H23Cl2N5O3. The van der Waals surface area contributed by atoms with E-state index >= 15 is 0 Å². The Bertz CT molecular complexity index is 1240. The lowest BCUT2D eigenvalue weighted by Gasteiger charge is -2.36. The van der Waals surface area contributed by atoms with E-state index in [0.29, 0.717) is 46.8 Å². The molecule has 0 saturated carbocycles. The Morgan fingerprint density at radius 2 is 1.73 bits per heavy atom. The number of hydrogen-bond acceptors (Lipinski definition) is 5. The average Bonchev–Trinajstić information content (AvgIpc) is 3.06. The maximum atomic E-state index is 13.1. The largest absolute Gasteiger partial charge is 0.372 e. The van der Waals surface area contributed by atoms with Crippen molar-refractivity contribution in [1.82, 2.24) is 18.7 Å². The van der Waals surface area contributed by atoms with Crippen molar-refractivity contribution < 1.29 is 4.74 Å². The van der Waals surface area contributed by atoms with E-state index in [9.17, 15) is 9.59 Å². The third-order valence-electron chi connectivity index (χ3n) is 5.35. The summed E-state index contributed by atoms with van der Waals surface area (Å²) in [4.78, 5) is 32.3. The number of halogens is 2. The van der Waals surface area contributed by atoms with Crippen LogP contribution in [0.3, 0.4) is 0 Å². The predicted octanol–water partition coefficient (Wildman–Crippen LogP) is 2.40. The highest BCUT2D eigenvalue weighted by Gasteiger charge is 2.28. The molecule has 1 saturated heterocycles. The zero-order valence-corrected chi connectivity index (χ0v) is 18.7. The number of hydrogen-bond donors (Lipinski definition) is 0. The molecule has 0 radical (unpaired) electrons. The Balaban J connectivity index is 1.95. The summed E-state index contributed by atoms with van der Waals surface area (Å²) < 4.78 is 10.2. The summed E-state index contributed by atoms with van der Waals surface area (Å²) in [5.74, 6) is 0.622. The third kappa shape index (κ3) is 3.53. The smallest absolute Gasteiger partial charge is 0.332 e. The molecule has 1 aromatic carbocycles. The second-order valence-electron chi connectivity index (χ2n) is 7.79. The number of nitrogens with zero attached hydrogens (tertiary/aromatic N) is 5. The maximum Gasteiger partial charge on any atom is 0.332 e. The Kier molecular flexibility index (Phi) is 5.42. The zero-order valence-electron chi connectivity index (χ0n) is 17.2. The first kappa shape index (κ1) is 21.0. The lowest BCUT2D eigenvalue weighted by molar-refractivity contribution is -0.00585. The van der Waals surface area contributed by atoms with E-state index < -0.39 is 5.69 Å². The molecule has 0 spiro atoms. The van der Waals surface area contributed by atoms with Crippen LogP contribution in [0, 0.1) is 0 Å². The topological polar surface area (TPSA) is 74.3 Å². The van der Waals surface area contributed by atoms with Crippen LogP contribution in [0.15, 0.2) is 27.8 Å². The van der Waals surface area contributed by atoms with Crippen LogP contribution in [0.25, 0.3) is 11.2 Å². The lowest BCUT2D eigenvalue weighted by Crippen LogP contribution is -2.46. The molecule has 1 fully saturated rings. The summed E-state index contributed by atoms with van der Waals surface area (Å²) in [6.45, 7) is 5.62. The molecule has 4 rings (SSSR count). The quantitative estimate of drug-likeness (QED) is 0.610. The third-order valence-corrected chi connectivity index (χ3v) is 6.09. The number of rotatable bonds is 3. The van der Waals surface area contributed by atoms with Gasteiger partial charge in [-0.05, 0) is 31.5 Å². The van der Waals surface area contributed by atoms with Gasteiger partial charge in [0.1, 0.15) is 0 Å². The van der Waals surface area contributed by atoms with Gasteiger partial charge < -0.3 is 9.64 Å². The van der Waals surface area contributed by atoms with E-state index in [1.54, 1.807) is 19.2 Å². The fourth-order valence-electron chi connectivity index (χ4n) is 3.99. The van der Waals surface area contributed by atoms with Gasteiger partial charge in [-0.25, -0.2) is 4.79 Å². The van der Waals surface area contributed by atoms with Crippen molar-refractivity contribution in [3.63, 3.8) is 0 Å². The molecule has 30 heavy (non-hydrogen) atoms. The van der Waals surface area contributed by atoms with Gasteiger partial charge >= 0.3 is 5.69 Å². The zero-order chi connectivity index (χ0) is 21.7. The van der Waals surface area contributed by atoms with Crippen molar-refractivity contribution in [3.05, 3.63) is 54.6 Å². The fraction of sp³-hybridized carbons (Fsp3) is 0.450. The van der Waals surface area contributed by atoms with E-state index in [-0.39, 0.29) is 17.8 Å².